The highest BCUT2D eigenvalue weighted by molar-refractivity contribution is 7.99. The van der Waals surface area contributed by atoms with Crippen molar-refractivity contribution < 1.29 is 14.3 Å². The number of aromatic nitrogens is 3. The van der Waals surface area contributed by atoms with Crippen LogP contribution in [-0.2, 0) is 11.3 Å². The lowest BCUT2D eigenvalue weighted by molar-refractivity contribution is -0.118. The van der Waals surface area contributed by atoms with Gasteiger partial charge in [-0.25, -0.2) is 5.43 Å². The lowest BCUT2D eigenvalue weighted by atomic mass is 10.2. The molecule has 31 heavy (non-hydrogen) atoms. The second kappa shape index (κ2) is 10.8. The fourth-order valence-corrected chi connectivity index (χ4v) is 3.68. The number of carbonyl (C=O) groups excluding carboxylic acids is 1. The standard InChI is InChI=1S/C21H22ClN5O3S/c1-4-27-20(15-7-10-17(29-2)18(11-15)30-3)25-26-21(27)31-13-19(28)24-23-12-14-5-8-16(22)9-6-14/h5-12H,4,13H2,1-3H3,(H,24,28). The average molecular weight is 460 g/mol. The summed E-state index contributed by atoms with van der Waals surface area (Å²) >= 11 is 7.14. The topological polar surface area (TPSA) is 90.6 Å². The van der Waals surface area contributed by atoms with Crippen LogP contribution < -0.4 is 14.9 Å². The largest absolute Gasteiger partial charge is 0.493 e. The second-order valence-corrected chi connectivity index (χ2v) is 7.63. The normalized spacial score (nSPS) is 11.0. The maximum absolute atomic E-state index is 12.1. The van der Waals surface area contributed by atoms with Crippen LogP contribution in [0.25, 0.3) is 11.4 Å². The molecule has 0 radical (unpaired) electrons. The molecule has 0 unspecified atom stereocenters. The lowest BCUT2D eigenvalue weighted by Crippen LogP contribution is -2.20. The smallest absolute Gasteiger partial charge is 0.250 e. The summed E-state index contributed by atoms with van der Waals surface area (Å²) in [7, 11) is 3.17. The number of halogens is 1. The van der Waals surface area contributed by atoms with Crippen molar-refractivity contribution in [3.05, 3.63) is 53.1 Å². The van der Waals surface area contributed by atoms with Crippen molar-refractivity contribution in [2.24, 2.45) is 5.10 Å². The Morgan fingerprint density at radius 2 is 1.90 bits per heavy atom. The maximum atomic E-state index is 12.1. The summed E-state index contributed by atoms with van der Waals surface area (Å²) in [6.45, 7) is 2.64. The Morgan fingerprint density at radius 1 is 1.16 bits per heavy atom. The molecular formula is C21H22ClN5O3S. The molecule has 0 saturated heterocycles. The van der Waals surface area contributed by atoms with E-state index in [9.17, 15) is 4.79 Å². The molecule has 3 rings (SSSR count). The minimum Gasteiger partial charge on any atom is -0.493 e. The highest BCUT2D eigenvalue weighted by Gasteiger charge is 2.16. The molecule has 1 heterocycles. The first-order valence-electron chi connectivity index (χ1n) is 9.41. The summed E-state index contributed by atoms with van der Waals surface area (Å²) in [5.41, 5.74) is 4.19. The molecule has 0 aliphatic heterocycles. The van der Waals surface area contributed by atoms with Gasteiger partial charge in [-0.1, -0.05) is 35.5 Å². The quantitative estimate of drug-likeness (QED) is 0.296. The van der Waals surface area contributed by atoms with Gasteiger partial charge in [0.1, 0.15) is 0 Å². The maximum Gasteiger partial charge on any atom is 0.250 e. The van der Waals surface area contributed by atoms with Crippen LogP contribution in [0.15, 0.2) is 52.7 Å². The van der Waals surface area contributed by atoms with Crippen molar-refractivity contribution in [2.75, 3.05) is 20.0 Å². The molecule has 0 fully saturated rings. The third-order valence-electron chi connectivity index (χ3n) is 4.28. The van der Waals surface area contributed by atoms with Crippen molar-refractivity contribution in [2.45, 2.75) is 18.6 Å². The molecule has 0 atom stereocenters. The predicted molar refractivity (Wildman–Crippen MR) is 122 cm³/mol. The molecule has 2 aromatic carbocycles. The monoisotopic (exact) mass is 459 g/mol. The van der Waals surface area contributed by atoms with E-state index in [0.29, 0.717) is 34.0 Å². The van der Waals surface area contributed by atoms with Gasteiger partial charge in [-0.3, -0.25) is 4.79 Å². The summed E-state index contributed by atoms with van der Waals surface area (Å²) in [5, 5.41) is 13.8. The molecule has 0 saturated carbocycles. The summed E-state index contributed by atoms with van der Waals surface area (Å²) in [5.74, 6) is 1.85. The molecule has 0 bridgehead atoms. The SMILES string of the molecule is CCn1c(SCC(=O)NN=Cc2ccc(Cl)cc2)nnc1-c1ccc(OC)c(OC)c1. The van der Waals surface area contributed by atoms with Gasteiger partial charge in [0, 0.05) is 17.1 Å². The van der Waals surface area contributed by atoms with Gasteiger partial charge in [0.2, 0.25) is 0 Å². The Morgan fingerprint density at radius 3 is 2.58 bits per heavy atom. The van der Waals surface area contributed by atoms with Crippen LogP contribution >= 0.6 is 23.4 Å². The van der Waals surface area contributed by atoms with E-state index < -0.39 is 0 Å². The Bertz CT molecular complexity index is 1070. The van der Waals surface area contributed by atoms with Gasteiger partial charge < -0.3 is 14.0 Å². The van der Waals surface area contributed by atoms with E-state index in [1.54, 1.807) is 32.6 Å². The zero-order chi connectivity index (χ0) is 22.2. The summed E-state index contributed by atoms with van der Waals surface area (Å²) in [6, 6.07) is 12.7. The molecular weight excluding hydrogens is 438 g/mol. The first-order valence-corrected chi connectivity index (χ1v) is 10.8. The van der Waals surface area contributed by atoms with Gasteiger partial charge in [0.05, 0.1) is 26.2 Å². The first-order chi connectivity index (χ1) is 15.0. The third-order valence-corrected chi connectivity index (χ3v) is 5.50. The Kier molecular flexibility index (Phi) is 7.91. The molecule has 1 amide bonds. The Labute approximate surface area is 189 Å². The van der Waals surface area contributed by atoms with E-state index in [2.05, 4.69) is 20.7 Å². The molecule has 10 heteroatoms. The van der Waals surface area contributed by atoms with Crippen molar-refractivity contribution in [3.8, 4) is 22.9 Å². The van der Waals surface area contributed by atoms with Crippen molar-refractivity contribution >= 4 is 35.5 Å². The number of nitrogens with one attached hydrogen (secondary N) is 1. The number of hydrazone groups is 1. The minimum absolute atomic E-state index is 0.155. The lowest BCUT2D eigenvalue weighted by Gasteiger charge is -2.10. The van der Waals surface area contributed by atoms with E-state index in [1.165, 1.54) is 11.8 Å². The Hall–Kier alpha value is -3.04. The van der Waals surface area contributed by atoms with Crippen molar-refractivity contribution in [1.82, 2.24) is 20.2 Å². The van der Waals surface area contributed by atoms with Gasteiger partial charge in [0.15, 0.2) is 22.5 Å². The highest BCUT2D eigenvalue weighted by Crippen LogP contribution is 2.32. The Balaban J connectivity index is 1.64. The molecule has 1 aromatic heterocycles. The van der Waals surface area contributed by atoms with Crippen LogP contribution in [0, 0.1) is 0 Å². The van der Waals surface area contributed by atoms with Crippen LogP contribution in [0.1, 0.15) is 12.5 Å². The molecule has 8 nitrogen and oxygen atoms in total. The zero-order valence-electron chi connectivity index (χ0n) is 17.3. The number of hydrogen-bond donors (Lipinski definition) is 1. The molecule has 162 valence electrons. The third kappa shape index (κ3) is 5.77. The minimum atomic E-state index is -0.242. The van der Waals surface area contributed by atoms with Crippen LogP contribution in [-0.4, -0.2) is 46.9 Å². The number of rotatable bonds is 9. The molecule has 0 aliphatic rings. The summed E-state index contributed by atoms with van der Waals surface area (Å²) in [6.07, 6.45) is 1.56. The number of carbonyl (C=O) groups is 1. The van der Waals surface area contributed by atoms with Crippen LogP contribution in [0.3, 0.4) is 0 Å². The van der Waals surface area contributed by atoms with Gasteiger partial charge in [-0.05, 0) is 42.8 Å². The second-order valence-electron chi connectivity index (χ2n) is 6.25. The summed E-state index contributed by atoms with van der Waals surface area (Å²) < 4.78 is 12.6. The number of methoxy groups -OCH3 is 2. The summed E-state index contributed by atoms with van der Waals surface area (Å²) in [4.78, 5) is 12.1. The van der Waals surface area contributed by atoms with E-state index in [1.807, 2.05) is 41.8 Å². The first kappa shape index (κ1) is 22.6. The van der Waals surface area contributed by atoms with E-state index in [0.717, 1.165) is 11.1 Å². The van der Waals surface area contributed by atoms with E-state index in [4.69, 9.17) is 21.1 Å². The number of ether oxygens (including phenoxy) is 2. The molecule has 3 aromatic rings. The number of benzene rings is 2. The average Bonchev–Trinajstić information content (AvgIpc) is 3.21. The number of thioether (sulfide) groups is 1. The van der Waals surface area contributed by atoms with E-state index >= 15 is 0 Å². The molecule has 1 N–H and O–H groups in total. The van der Waals surface area contributed by atoms with Crippen molar-refractivity contribution in [3.63, 3.8) is 0 Å². The zero-order valence-corrected chi connectivity index (χ0v) is 18.9. The fraction of sp³-hybridized carbons (Fsp3) is 0.238. The number of nitrogens with zero attached hydrogens (tertiary/aromatic N) is 4. The van der Waals surface area contributed by atoms with Crippen LogP contribution in [0.5, 0.6) is 11.5 Å². The number of hydrogen-bond acceptors (Lipinski definition) is 7. The molecule has 0 aliphatic carbocycles. The fourth-order valence-electron chi connectivity index (χ4n) is 2.76. The van der Waals surface area contributed by atoms with Gasteiger partial charge in [0.25, 0.3) is 5.91 Å². The van der Waals surface area contributed by atoms with Crippen molar-refractivity contribution in [1.29, 1.82) is 0 Å². The number of amides is 1. The van der Waals surface area contributed by atoms with Gasteiger partial charge in [-0.15, -0.1) is 10.2 Å². The van der Waals surface area contributed by atoms with Gasteiger partial charge in [-0.2, -0.15) is 5.10 Å². The van der Waals surface area contributed by atoms with E-state index in [-0.39, 0.29) is 11.7 Å². The van der Waals surface area contributed by atoms with Gasteiger partial charge >= 0.3 is 0 Å². The van der Waals surface area contributed by atoms with Crippen LogP contribution in [0.2, 0.25) is 5.02 Å². The highest BCUT2D eigenvalue weighted by atomic mass is 35.5. The van der Waals surface area contributed by atoms with Crippen LogP contribution in [0.4, 0.5) is 0 Å². The predicted octanol–water partition coefficient (Wildman–Crippen LogP) is 3.88. The molecule has 0 spiro atoms.